The Hall–Kier alpha value is -1.07. The fourth-order valence-electron chi connectivity index (χ4n) is 1.47. The summed E-state index contributed by atoms with van der Waals surface area (Å²) in [6.45, 7) is 1.31. The number of halogens is 3. The highest BCUT2D eigenvalue weighted by Crippen LogP contribution is 2.19. The van der Waals surface area contributed by atoms with Gasteiger partial charge >= 0.3 is 6.18 Å². The summed E-state index contributed by atoms with van der Waals surface area (Å²) in [4.78, 5) is 0. The molecular formula is C12H16F3NO. The maximum Gasteiger partial charge on any atom is 0.415 e. The van der Waals surface area contributed by atoms with E-state index in [0.29, 0.717) is 6.42 Å². The van der Waals surface area contributed by atoms with Gasteiger partial charge in [-0.1, -0.05) is 30.3 Å². The molecule has 0 saturated heterocycles. The van der Waals surface area contributed by atoms with Crippen molar-refractivity contribution in [2.24, 2.45) is 0 Å². The normalized spacial score (nSPS) is 15.6. The van der Waals surface area contributed by atoms with Crippen LogP contribution in [0.3, 0.4) is 0 Å². The van der Waals surface area contributed by atoms with Crippen LogP contribution in [-0.4, -0.2) is 30.0 Å². The topological polar surface area (TPSA) is 32.3 Å². The molecule has 96 valence electrons. The van der Waals surface area contributed by atoms with Crippen LogP contribution in [0.25, 0.3) is 0 Å². The summed E-state index contributed by atoms with van der Waals surface area (Å²) >= 11 is 0. The Morgan fingerprint density at radius 3 is 2.35 bits per heavy atom. The third-order valence-electron chi connectivity index (χ3n) is 2.42. The van der Waals surface area contributed by atoms with Crippen LogP contribution in [0.5, 0.6) is 0 Å². The van der Waals surface area contributed by atoms with Gasteiger partial charge in [-0.25, -0.2) is 0 Å². The first-order valence-electron chi connectivity index (χ1n) is 5.41. The van der Waals surface area contributed by atoms with Crippen molar-refractivity contribution in [2.75, 3.05) is 6.54 Å². The maximum atomic E-state index is 12.0. The molecule has 0 fully saturated rings. The van der Waals surface area contributed by atoms with Crippen molar-refractivity contribution >= 4 is 0 Å². The molecule has 17 heavy (non-hydrogen) atoms. The number of aliphatic hydroxyl groups excluding tert-OH is 1. The van der Waals surface area contributed by atoms with E-state index >= 15 is 0 Å². The standard InChI is InChI=1S/C12H16F3NO/c1-9(7-10-5-3-2-4-6-10)16-8-11(17)12(13,14)15/h2-6,9,11,16-17H,7-8H2,1H3. The molecule has 0 spiro atoms. The lowest BCUT2D eigenvalue weighted by atomic mass is 10.1. The van der Waals surface area contributed by atoms with Crippen LogP contribution in [0.2, 0.25) is 0 Å². The molecule has 0 heterocycles. The molecule has 2 nitrogen and oxygen atoms in total. The number of benzene rings is 1. The molecule has 2 unspecified atom stereocenters. The summed E-state index contributed by atoms with van der Waals surface area (Å²) in [6.07, 6.45) is -6.23. The molecule has 0 aromatic heterocycles. The Kier molecular flexibility index (Phi) is 4.96. The van der Waals surface area contributed by atoms with Gasteiger partial charge in [0.05, 0.1) is 0 Å². The molecule has 0 aliphatic rings. The quantitative estimate of drug-likeness (QED) is 0.835. The van der Waals surface area contributed by atoms with Crippen LogP contribution in [0.4, 0.5) is 13.2 Å². The smallest absolute Gasteiger partial charge is 0.382 e. The lowest BCUT2D eigenvalue weighted by Gasteiger charge is -2.19. The highest BCUT2D eigenvalue weighted by Gasteiger charge is 2.37. The molecule has 1 aromatic rings. The molecule has 0 radical (unpaired) electrons. The van der Waals surface area contributed by atoms with Crippen LogP contribution in [0.15, 0.2) is 30.3 Å². The summed E-state index contributed by atoms with van der Waals surface area (Å²) in [5.74, 6) is 0. The van der Waals surface area contributed by atoms with Gasteiger partial charge < -0.3 is 10.4 Å². The molecule has 1 aromatic carbocycles. The molecule has 0 aliphatic heterocycles. The van der Waals surface area contributed by atoms with Gasteiger partial charge in [0.15, 0.2) is 6.10 Å². The van der Waals surface area contributed by atoms with Crippen molar-refractivity contribution in [2.45, 2.75) is 31.7 Å². The largest absolute Gasteiger partial charge is 0.415 e. The lowest BCUT2D eigenvalue weighted by molar-refractivity contribution is -0.202. The van der Waals surface area contributed by atoms with Crippen molar-refractivity contribution in [3.05, 3.63) is 35.9 Å². The van der Waals surface area contributed by atoms with E-state index in [4.69, 9.17) is 5.11 Å². The van der Waals surface area contributed by atoms with Crippen molar-refractivity contribution in [1.29, 1.82) is 0 Å². The fourth-order valence-corrected chi connectivity index (χ4v) is 1.47. The molecule has 0 bridgehead atoms. The lowest BCUT2D eigenvalue weighted by Crippen LogP contribution is -2.42. The van der Waals surface area contributed by atoms with Gasteiger partial charge in [0.25, 0.3) is 0 Å². The summed E-state index contributed by atoms with van der Waals surface area (Å²) in [6, 6.07) is 9.36. The Bertz CT molecular complexity index is 326. The molecule has 1 rings (SSSR count). The van der Waals surface area contributed by atoms with E-state index in [0.717, 1.165) is 5.56 Å². The van der Waals surface area contributed by atoms with Gasteiger partial charge in [-0.3, -0.25) is 0 Å². The van der Waals surface area contributed by atoms with Crippen molar-refractivity contribution < 1.29 is 18.3 Å². The summed E-state index contributed by atoms with van der Waals surface area (Å²) in [5.41, 5.74) is 1.05. The van der Waals surface area contributed by atoms with Crippen LogP contribution in [-0.2, 0) is 6.42 Å². The molecular weight excluding hydrogens is 231 g/mol. The third-order valence-corrected chi connectivity index (χ3v) is 2.42. The zero-order valence-electron chi connectivity index (χ0n) is 9.54. The van der Waals surface area contributed by atoms with E-state index in [9.17, 15) is 13.2 Å². The molecule has 0 saturated carbocycles. The fraction of sp³-hybridized carbons (Fsp3) is 0.500. The Labute approximate surface area is 98.5 Å². The van der Waals surface area contributed by atoms with Crippen LogP contribution in [0.1, 0.15) is 12.5 Å². The van der Waals surface area contributed by atoms with Crippen molar-refractivity contribution in [1.82, 2.24) is 5.32 Å². The number of hydrogen-bond donors (Lipinski definition) is 2. The van der Waals surface area contributed by atoms with Gasteiger partial charge in [0, 0.05) is 12.6 Å². The molecule has 5 heteroatoms. The molecule has 2 atom stereocenters. The zero-order chi connectivity index (χ0) is 12.9. The summed E-state index contributed by atoms with van der Waals surface area (Å²) in [5, 5.41) is 11.5. The first kappa shape index (κ1) is 14.0. The number of rotatable bonds is 5. The Morgan fingerprint density at radius 1 is 1.24 bits per heavy atom. The van der Waals surface area contributed by atoms with Crippen LogP contribution >= 0.6 is 0 Å². The van der Waals surface area contributed by atoms with E-state index in [2.05, 4.69) is 5.32 Å². The van der Waals surface area contributed by atoms with Gasteiger partial charge in [-0.15, -0.1) is 0 Å². The van der Waals surface area contributed by atoms with Gasteiger partial charge in [0.2, 0.25) is 0 Å². The molecule has 0 amide bonds. The number of aliphatic hydroxyl groups is 1. The maximum absolute atomic E-state index is 12.0. The predicted molar refractivity (Wildman–Crippen MR) is 59.7 cm³/mol. The number of alkyl halides is 3. The number of hydrogen-bond acceptors (Lipinski definition) is 2. The Balaban J connectivity index is 2.33. The first-order chi connectivity index (χ1) is 7.89. The van der Waals surface area contributed by atoms with Crippen LogP contribution < -0.4 is 5.32 Å². The summed E-state index contributed by atoms with van der Waals surface area (Å²) in [7, 11) is 0. The SMILES string of the molecule is CC(Cc1ccccc1)NCC(O)C(F)(F)F. The van der Waals surface area contributed by atoms with Crippen LogP contribution in [0, 0.1) is 0 Å². The minimum absolute atomic E-state index is 0.116. The second kappa shape index (κ2) is 6.02. The van der Waals surface area contributed by atoms with Crippen molar-refractivity contribution in [3.8, 4) is 0 Å². The highest BCUT2D eigenvalue weighted by molar-refractivity contribution is 5.15. The van der Waals surface area contributed by atoms with E-state index in [1.54, 1.807) is 6.92 Å². The minimum atomic E-state index is -4.56. The second-order valence-corrected chi connectivity index (χ2v) is 4.06. The van der Waals surface area contributed by atoms with E-state index in [1.165, 1.54) is 0 Å². The average Bonchev–Trinajstić information content (AvgIpc) is 2.26. The van der Waals surface area contributed by atoms with Gasteiger partial charge in [0.1, 0.15) is 0 Å². The van der Waals surface area contributed by atoms with Crippen molar-refractivity contribution in [3.63, 3.8) is 0 Å². The number of nitrogens with one attached hydrogen (secondary N) is 1. The zero-order valence-corrected chi connectivity index (χ0v) is 9.54. The highest BCUT2D eigenvalue weighted by atomic mass is 19.4. The van der Waals surface area contributed by atoms with Gasteiger partial charge in [-0.2, -0.15) is 13.2 Å². The first-order valence-corrected chi connectivity index (χ1v) is 5.41. The monoisotopic (exact) mass is 247 g/mol. The van der Waals surface area contributed by atoms with Gasteiger partial charge in [-0.05, 0) is 18.9 Å². The summed E-state index contributed by atoms with van der Waals surface area (Å²) < 4.78 is 36.1. The average molecular weight is 247 g/mol. The van der Waals surface area contributed by atoms with E-state index < -0.39 is 18.8 Å². The molecule has 0 aliphatic carbocycles. The third kappa shape index (κ3) is 5.19. The van der Waals surface area contributed by atoms with E-state index in [1.807, 2.05) is 30.3 Å². The predicted octanol–water partition coefficient (Wildman–Crippen LogP) is 2.13. The Morgan fingerprint density at radius 2 is 1.82 bits per heavy atom. The van der Waals surface area contributed by atoms with E-state index in [-0.39, 0.29) is 6.04 Å². The minimum Gasteiger partial charge on any atom is -0.382 e. The molecule has 2 N–H and O–H groups in total. The second-order valence-electron chi connectivity index (χ2n) is 4.06.